The Hall–Kier alpha value is -1.86. The van der Waals surface area contributed by atoms with Crippen molar-refractivity contribution in [1.82, 2.24) is 9.80 Å². The lowest BCUT2D eigenvalue weighted by atomic mass is 9.86. The van der Waals surface area contributed by atoms with E-state index in [-0.39, 0.29) is 11.9 Å². The summed E-state index contributed by atoms with van der Waals surface area (Å²) < 4.78 is 19.4. The molecule has 2 aliphatic rings. The largest absolute Gasteiger partial charge is 0.489 e. The molecule has 2 fully saturated rings. The lowest BCUT2D eigenvalue weighted by Crippen LogP contribution is -2.57. The monoisotopic (exact) mass is 522 g/mol. The van der Waals surface area contributed by atoms with Gasteiger partial charge >= 0.3 is 5.97 Å². The molecule has 0 amide bonds. The van der Waals surface area contributed by atoms with Crippen molar-refractivity contribution < 1.29 is 19.0 Å². The molecule has 0 saturated carbocycles. The van der Waals surface area contributed by atoms with Gasteiger partial charge in [0.2, 0.25) is 0 Å². The van der Waals surface area contributed by atoms with Crippen molar-refractivity contribution in [3.8, 4) is 5.75 Å². The Morgan fingerprint density at radius 3 is 2.31 bits per heavy atom. The molecule has 190 valence electrons. The number of carboxylic acids is 1. The highest BCUT2D eigenvalue weighted by Crippen LogP contribution is 2.31. The third-order valence-electron chi connectivity index (χ3n) is 7.47. The molecule has 2 aromatic carbocycles. The molecule has 0 aromatic heterocycles. The van der Waals surface area contributed by atoms with Crippen molar-refractivity contribution in [3.63, 3.8) is 0 Å². The van der Waals surface area contributed by atoms with Crippen LogP contribution in [0, 0.1) is 11.7 Å². The zero-order valence-corrected chi connectivity index (χ0v) is 21.6. The summed E-state index contributed by atoms with van der Waals surface area (Å²) in [7, 11) is 0. The second-order valence-electron chi connectivity index (χ2n) is 10.0. The van der Waals surface area contributed by atoms with E-state index in [4.69, 9.17) is 27.9 Å². The molecular formula is C27H33Cl2FN2O3. The van der Waals surface area contributed by atoms with Crippen LogP contribution in [0.3, 0.4) is 0 Å². The summed E-state index contributed by atoms with van der Waals surface area (Å²) in [4.78, 5) is 16.8. The molecule has 2 aliphatic heterocycles. The maximum absolute atomic E-state index is 13.3. The Kier molecular flexibility index (Phi) is 8.59. The van der Waals surface area contributed by atoms with Gasteiger partial charge in [-0.05, 0) is 87.5 Å². The average Bonchev–Trinajstić information content (AvgIpc) is 2.84. The number of hydrogen-bond donors (Lipinski definition) is 1. The minimum Gasteiger partial charge on any atom is -0.489 e. The smallest absolute Gasteiger partial charge is 0.324 e. The highest BCUT2D eigenvalue weighted by molar-refractivity contribution is 6.35. The molecule has 0 radical (unpaired) electrons. The molecule has 0 bridgehead atoms. The topological polar surface area (TPSA) is 53.0 Å². The number of nitrogens with zero attached hydrogens (tertiary/aromatic N) is 2. The van der Waals surface area contributed by atoms with Gasteiger partial charge in [0.25, 0.3) is 0 Å². The van der Waals surface area contributed by atoms with Gasteiger partial charge in [0.1, 0.15) is 23.2 Å². The van der Waals surface area contributed by atoms with Crippen molar-refractivity contribution in [2.24, 2.45) is 5.92 Å². The van der Waals surface area contributed by atoms with Crippen LogP contribution in [0.25, 0.3) is 0 Å². The van der Waals surface area contributed by atoms with Crippen LogP contribution in [0.15, 0.2) is 42.5 Å². The van der Waals surface area contributed by atoms with E-state index in [2.05, 4.69) is 9.80 Å². The molecule has 8 heteroatoms. The summed E-state index contributed by atoms with van der Waals surface area (Å²) in [5.41, 5.74) is -0.162. The van der Waals surface area contributed by atoms with Crippen molar-refractivity contribution >= 4 is 29.2 Å². The number of benzene rings is 2. The second kappa shape index (κ2) is 11.5. The molecule has 35 heavy (non-hydrogen) atoms. The Morgan fingerprint density at radius 2 is 1.71 bits per heavy atom. The lowest BCUT2D eigenvalue weighted by molar-refractivity contribution is -0.151. The summed E-state index contributed by atoms with van der Waals surface area (Å²) >= 11 is 12.2. The van der Waals surface area contributed by atoms with E-state index in [0.717, 1.165) is 64.0 Å². The quantitative estimate of drug-likeness (QED) is 0.476. The Bertz CT molecular complexity index is 1010. The summed E-state index contributed by atoms with van der Waals surface area (Å²) in [6.45, 7) is 6.29. The van der Waals surface area contributed by atoms with Gasteiger partial charge in [-0.1, -0.05) is 35.3 Å². The van der Waals surface area contributed by atoms with Crippen LogP contribution in [0.4, 0.5) is 4.39 Å². The minimum atomic E-state index is -0.999. The van der Waals surface area contributed by atoms with Crippen LogP contribution >= 0.6 is 23.2 Å². The Morgan fingerprint density at radius 1 is 1.06 bits per heavy atom. The predicted octanol–water partition coefficient (Wildman–Crippen LogP) is 5.77. The summed E-state index contributed by atoms with van der Waals surface area (Å²) in [6, 6.07) is 11.5. The van der Waals surface area contributed by atoms with Crippen LogP contribution < -0.4 is 4.74 Å². The summed E-state index contributed by atoms with van der Waals surface area (Å²) in [5, 5.41) is 11.2. The average molecular weight is 523 g/mol. The van der Waals surface area contributed by atoms with Crippen LogP contribution in [-0.4, -0.2) is 65.2 Å². The number of ether oxygens (including phenoxy) is 1. The van der Waals surface area contributed by atoms with Crippen LogP contribution in [0.2, 0.25) is 10.0 Å². The molecule has 5 nitrogen and oxygen atoms in total. The first-order chi connectivity index (χ1) is 16.7. The number of halogens is 3. The molecule has 2 saturated heterocycles. The predicted molar refractivity (Wildman–Crippen MR) is 137 cm³/mol. The van der Waals surface area contributed by atoms with Gasteiger partial charge in [-0.15, -0.1) is 0 Å². The maximum atomic E-state index is 13.3. The molecule has 0 aliphatic carbocycles. The van der Waals surface area contributed by atoms with Gasteiger partial charge in [-0.25, -0.2) is 4.39 Å². The fourth-order valence-corrected chi connectivity index (χ4v) is 5.71. The number of piperidine rings is 2. The molecular weight excluding hydrogens is 490 g/mol. The van der Waals surface area contributed by atoms with Gasteiger partial charge in [0.05, 0.1) is 5.02 Å². The number of hydrogen-bond acceptors (Lipinski definition) is 4. The molecule has 0 spiro atoms. The standard InChI is InChI=1S/C27H33Cl2FN2O3/c1-27(26(33)34,17-19-2-5-22(30)6-3-19)32-14-8-20(9-15-32)18-31-12-10-23(11-13-31)35-25-7-4-21(28)16-24(25)29/h2-7,16,20,23H,8-15,17-18H2,1H3,(H,33,34)/t27-/m0/s1. The van der Waals surface area contributed by atoms with E-state index >= 15 is 0 Å². The lowest BCUT2D eigenvalue weighted by Gasteiger charge is -2.43. The molecule has 2 aromatic rings. The van der Waals surface area contributed by atoms with E-state index in [9.17, 15) is 14.3 Å². The SMILES string of the molecule is C[C@](Cc1ccc(F)cc1)(C(=O)O)N1CCC(CN2CCC(Oc3ccc(Cl)cc3Cl)CC2)CC1. The van der Waals surface area contributed by atoms with E-state index in [1.807, 2.05) is 6.07 Å². The number of carboxylic acid groups (broad SMARTS) is 1. The highest BCUT2D eigenvalue weighted by Gasteiger charge is 2.41. The normalized spacial score (nSPS) is 20.5. The van der Waals surface area contributed by atoms with Gasteiger partial charge in [0.15, 0.2) is 0 Å². The first kappa shape index (κ1) is 26.2. The van der Waals surface area contributed by atoms with Crippen LogP contribution in [-0.2, 0) is 11.2 Å². The van der Waals surface area contributed by atoms with Crippen LogP contribution in [0.1, 0.15) is 38.2 Å². The van der Waals surface area contributed by atoms with Gasteiger partial charge < -0.3 is 14.7 Å². The fourth-order valence-electron chi connectivity index (χ4n) is 5.26. The van der Waals surface area contributed by atoms with E-state index in [0.29, 0.717) is 28.1 Å². The molecule has 1 N–H and O–H groups in total. The van der Waals surface area contributed by atoms with Crippen molar-refractivity contribution in [3.05, 3.63) is 63.9 Å². The number of aliphatic carboxylic acids is 1. The van der Waals surface area contributed by atoms with Crippen molar-refractivity contribution in [2.75, 3.05) is 32.7 Å². The zero-order chi connectivity index (χ0) is 25.0. The van der Waals surface area contributed by atoms with Gasteiger partial charge in [-0.3, -0.25) is 9.69 Å². The zero-order valence-electron chi connectivity index (χ0n) is 20.1. The van der Waals surface area contributed by atoms with Crippen molar-refractivity contribution in [1.29, 1.82) is 0 Å². The third kappa shape index (κ3) is 6.67. The van der Waals surface area contributed by atoms with Gasteiger partial charge in [0, 0.05) is 31.1 Å². The van der Waals surface area contributed by atoms with Crippen LogP contribution in [0.5, 0.6) is 5.75 Å². The Labute approximate surface area is 216 Å². The molecule has 0 unspecified atom stereocenters. The summed E-state index contributed by atoms with van der Waals surface area (Å²) in [6.07, 6.45) is 4.36. The van der Waals surface area contributed by atoms with Gasteiger partial charge in [-0.2, -0.15) is 0 Å². The van der Waals surface area contributed by atoms with Crippen molar-refractivity contribution in [2.45, 2.75) is 50.7 Å². The van der Waals surface area contributed by atoms with E-state index in [1.54, 1.807) is 31.2 Å². The highest BCUT2D eigenvalue weighted by atomic mass is 35.5. The molecule has 1 atom stereocenters. The number of likely N-dealkylation sites (tertiary alicyclic amines) is 2. The van der Waals surface area contributed by atoms with E-state index in [1.165, 1.54) is 12.1 Å². The minimum absolute atomic E-state index is 0.148. The second-order valence-corrected chi connectivity index (χ2v) is 10.8. The maximum Gasteiger partial charge on any atom is 0.324 e. The fraction of sp³-hybridized carbons (Fsp3) is 0.519. The number of carbonyl (C=O) groups is 1. The first-order valence-corrected chi connectivity index (χ1v) is 13.1. The van der Waals surface area contributed by atoms with E-state index < -0.39 is 11.5 Å². The third-order valence-corrected chi connectivity index (χ3v) is 8.00. The number of rotatable bonds is 8. The Balaban J connectivity index is 1.24. The molecule has 2 heterocycles. The summed E-state index contributed by atoms with van der Waals surface area (Å²) in [5.74, 6) is 0.0985. The first-order valence-electron chi connectivity index (χ1n) is 12.3. The molecule has 4 rings (SSSR count).